The van der Waals surface area contributed by atoms with Crippen LogP contribution >= 0.6 is 15.9 Å². The van der Waals surface area contributed by atoms with Gasteiger partial charge in [0, 0.05) is 25.5 Å². The van der Waals surface area contributed by atoms with Crippen LogP contribution in [0.3, 0.4) is 0 Å². The van der Waals surface area contributed by atoms with E-state index in [0.29, 0.717) is 6.61 Å². The van der Waals surface area contributed by atoms with Crippen molar-refractivity contribution in [2.75, 3.05) is 13.7 Å². The van der Waals surface area contributed by atoms with Crippen molar-refractivity contribution in [1.82, 2.24) is 14.8 Å². The number of nitrogens with zero attached hydrogens (tertiary/aromatic N) is 3. The first-order chi connectivity index (χ1) is 10.3. The van der Waals surface area contributed by atoms with Gasteiger partial charge in [0.2, 0.25) is 0 Å². The van der Waals surface area contributed by atoms with E-state index in [1.807, 2.05) is 22.9 Å². The van der Waals surface area contributed by atoms with Crippen molar-refractivity contribution in [3.05, 3.63) is 34.7 Å². The summed E-state index contributed by atoms with van der Waals surface area (Å²) in [7, 11) is 1.67. The minimum Gasteiger partial charge on any atom is -0.378 e. The Labute approximate surface area is 132 Å². The number of hydrogen-bond acceptors (Lipinski definition) is 4. The maximum Gasteiger partial charge on any atom is 0.151 e. The Hall–Kier alpha value is -1.24. The molecule has 112 valence electrons. The quantitative estimate of drug-likeness (QED) is 0.844. The van der Waals surface area contributed by atoms with Gasteiger partial charge in [-0.25, -0.2) is 4.68 Å². The minimum absolute atomic E-state index is 0.0180. The molecule has 1 atom stereocenters. The molecule has 1 saturated heterocycles. The third-order valence-electron chi connectivity index (χ3n) is 3.57. The van der Waals surface area contributed by atoms with Crippen LogP contribution in [0.5, 0.6) is 0 Å². The van der Waals surface area contributed by atoms with Crippen LogP contribution in [0.1, 0.15) is 31.2 Å². The number of hydrogen-bond donors (Lipinski definition) is 0. The highest BCUT2D eigenvalue weighted by molar-refractivity contribution is 9.10. The van der Waals surface area contributed by atoms with Gasteiger partial charge in [-0.05, 0) is 53.4 Å². The van der Waals surface area contributed by atoms with Crippen molar-refractivity contribution in [2.45, 2.75) is 32.1 Å². The van der Waals surface area contributed by atoms with E-state index in [9.17, 15) is 0 Å². The number of ether oxygens (including phenoxy) is 2. The lowest BCUT2D eigenvalue weighted by Gasteiger charge is -2.23. The number of halogens is 1. The molecule has 0 amide bonds. The van der Waals surface area contributed by atoms with E-state index in [4.69, 9.17) is 14.6 Å². The van der Waals surface area contributed by atoms with Crippen molar-refractivity contribution in [3.63, 3.8) is 0 Å². The van der Waals surface area contributed by atoms with Gasteiger partial charge < -0.3 is 9.47 Å². The van der Waals surface area contributed by atoms with E-state index in [1.54, 1.807) is 13.3 Å². The van der Waals surface area contributed by atoms with Crippen LogP contribution in [0.15, 0.2) is 29.0 Å². The predicted octanol–water partition coefficient (Wildman–Crippen LogP) is 3.55. The molecular weight excluding hydrogens is 334 g/mol. The molecule has 3 rings (SSSR count). The first-order valence-corrected chi connectivity index (χ1v) is 7.88. The first-order valence-electron chi connectivity index (χ1n) is 7.09. The fraction of sp³-hybridized carbons (Fsp3) is 0.467. The van der Waals surface area contributed by atoms with Crippen LogP contribution in [-0.4, -0.2) is 28.5 Å². The van der Waals surface area contributed by atoms with Gasteiger partial charge >= 0.3 is 0 Å². The van der Waals surface area contributed by atoms with Gasteiger partial charge in [0.05, 0.1) is 18.0 Å². The van der Waals surface area contributed by atoms with Gasteiger partial charge in [-0.3, -0.25) is 4.98 Å². The van der Waals surface area contributed by atoms with Crippen molar-refractivity contribution in [3.8, 4) is 11.3 Å². The van der Waals surface area contributed by atoms with E-state index in [-0.39, 0.29) is 6.23 Å². The summed E-state index contributed by atoms with van der Waals surface area (Å²) in [5.41, 5.74) is 2.77. The number of pyridine rings is 1. The zero-order chi connectivity index (χ0) is 14.7. The number of aromatic nitrogens is 3. The van der Waals surface area contributed by atoms with E-state index in [0.717, 1.165) is 41.0 Å². The van der Waals surface area contributed by atoms with E-state index in [1.165, 1.54) is 6.42 Å². The SMILES string of the molecule is COCc1ncccc1-c1cc(Br)n(C2CCCCO2)n1. The lowest BCUT2D eigenvalue weighted by atomic mass is 10.1. The first kappa shape index (κ1) is 14.7. The molecule has 0 N–H and O–H groups in total. The molecule has 1 aliphatic heterocycles. The summed E-state index contributed by atoms with van der Waals surface area (Å²) in [6, 6.07) is 5.94. The Morgan fingerprint density at radius 1 is 1.48 bits per heavy atom. The highest BCUT2D eigenvalue weighted by Crippen LogP contribution is 2.30. The van der Waals surface area contributed by atoms with Gasteiger partial charge in [0.1, 0.15) is 4.60 Å². The normalized spacial score (nSPS) is 18.9. The second-order valence-corrected chi connectivity index (χ2v) is 5.86. The lowest BCUT2D eigenvalue weighted by Crippen LogP contribution is -2.19. The van der Waals surface area contributed by atoms with E-state index < -0.39 is 0 Å². The topological polar surface area (TPSA) is 49.2 Å². The smallest absolute Gasteiger partial charge is 0.151 e. The Kier molecular flexibility index (Phi) is 4.67. The summed E-state index contributed by atoms with van der Waals surface area (Å²) in [4.78, 5) is 4.38. The molecule has 1 unspecified atom stereocenters. The minimum atomic E-state index is 0.0180. The summed E-state index contributed by atoms with van der Waals surface area (Å²) < 4.78 is 13.9. The third kappa shape index (κ3) is 3.17. The fourth-order valence-electron chi connectivity index (χ4n) is 2.54. The molecule has 1 fully saturated rings. The molecule has 0 aromatic carbocycles. The van der Waals surface area contributed by atoms with Crippen molar-refractivity contribution < 1.29 is 9.47 Å². The van der Waals surface area contributed by atoms with Crippen LogP contribution in [0.25, 0.3) is 11.3 Å². The molecule has 0 radical (unpaired) electrons. The molecule has 2 aromatic heterocycles. The monoisotopic (exact) mass is 351 g/mol. The summed E-state index contributed by atoms with van der Waals surface area (Å²) in [6.45, 7) is 1.27. The lowest BCUT2D eigenvalue weighted by molar-refractivity contribution is -0.0407. The highest BCUT2D eigenvalue weighted by atomic mass is 79.9. The van der Waals surface area contributed by atoms with Crippen molar-refractivity contribution in [2.24, 2.45) is 0 Å². The Morgan fingerprint density at radius 3 is 3.14 bits per heavy atom. The fourth-order valence-corrected chi connectivity index (χ4v) is 3.07. The summed E-state index contributed by atoms with van der Waals surface area (Å²) in [5.74, 6) is 0. The largest absolute Gasteiger partial charge is 0.378 e. The average molecular weight is 352 g/mol. The second-order valence-electron chi connectivity index (χ2n) is 5.05. The molecule has 0 bridgehead atoms. The van der Waals surface area contributed by atoms with Crippen molar-refractivity contribution >= 4 is 15.9 Å². The van der Waals surface area contributed by atoms with Gasteiger partial charge in [0.15, 0.2) is 6.23 Å². The molecule has 6 heteroatoms. The van der Waals surface area contributed by atoms with Gasteiger partial charge in [0.25, 0.3) is 0 Å². The molecule has 1 aliphatic rings. The molecule has 21 heavy (non-hydrogen) atoms. The number of rotatable bonds is 4. The summed E-state index contributed by atoms with van der Waals surface area (Å²) in [6.07, 6.45) is 5.09. The average Bonchev–Trinajstić information content (AvgIpc) is 2.91. The Morgan fingerprint density at radius 2 is 2.38 bits per heavy atom. The molecule has 3 heterocycles. The number of methoxy groups -OCH3 is 1. The van der Waals surface area contributed by atoms with Crippen LogP contribution in [0.2, 0.25) is 0 Å². The van der Waals surface area contributed by atoms with Gasteiger partial charge in [-0.2, -0.15) is 5.10 Å². The van der Waals surface area contributed by atoms with Crippen LogP contribution in [-0.2, 0) is 16.1 Å². The predicted molar refractivity (Wildman–Crippen MR) is 82.7 cm³/mol. The maximum absolute atomic E-state index is 5.80. The molecule has 0 aliphatic carbocycles. The third-order valence-corrected chi connectivity index (χ3v) is 4.16. The molecule has 5 nitrogen and oxygen atoms in total. The van der Waals surface area contributed by atoms with E-state index in [2.05, 4.69) is 20.9 Å². The molecule has 0 spiro atoms. The van der Waals surface area contributed by atoms with E-state index >= 15 is 0 Å². The van der Waals surface area contributed by atoms with Crippen LogP contribution in [0.4, 0.5) is 0 Å². The molecule has 0 saturated carbocycles. The van der Waals surface area contributed by atoms with Crippen LogP contribution < -0.4 is 0 Å². The summed E-state index contributed by atoms with van der Waals surface area (Å²) >= 11 is 3.58. The summed E-state index contributed by atoms with van der Waals surface area (Å²) in [5, 5.41) is 4.70. The zero-order valence-corrected chi connectivity index (χ0v) is 13.5. The standard InChI is InChI=1S/C15H18BrN3O2/c1-20-10-13-11(5-4-7-17-13)12-9-14(16)19(18-12)15-6-2-3-8-21-15/h4-5,7,9,15H,2-3,6,8,10H2,1H3. The zero-order valence-electron chi connectivity index (χ0n) is 12.0. The molecule has 2 aromatic rings. The molecular formula is C15H18BrN3O2. The van der Waals surface area contributed by atoms with Crippen LogP contribution in [0, 0.1) is 0 Å². The van der Waals surface area contributed by atoms with Gasteiger partial charge in [-0.1, -0.05) is 0 Å². The highest BCUT2D eigenvalue weighted by Gasteiger charge is 2.20. The Balaban J connectivity index is 1.93. The van der Waals surface area contributed by atoms with Crippen molar-refractivity contribution in [1.29, 1.82) is 0 Å². The van der Waals surface area contributed by atoms with Gasteiger partial charge in [-0.15, -0.1) is 0 Å². The maximum atomic E-state index is 5.80. The Bertz CT molecular complexity index is 609. The second kappa shape index (κ2) is 6.68.